The number of hydrogen-bond donors (Lipinski definition) is 0. The number of rotatable bonds is 7. The van der Waals surface area contributed by atoms with E-state index in [1.807, 2.05) is 0 Å². The van der Waals surface area contributed by atoms with Crippen LogP contribution in [0.4, 0.5) is 11.4 Å². The third-order valence-corrected chi connectivity index (χ3v) is 7.14. The summed E-state index contributed by atoms with van der Waals surface area (Å²) < 4.78 is 16.4. The maximum Gasteiger partial charge on any atom is 0.270 e. The van der Waals surface area contributed by atoms with Crippen molar-refractivity contribution in [2.75, 3.05) is 26.2 Å². The maximum absolute atomic E-state index is 13.8. The Hall–Kier alpha value is -4.64. The molecule has 3 aromatic carbocycles. The largest absolute Gasteiger partial charge is 0.493 e. The molecule has 0 radical (unpaired) electrons. The first-order valence-electron chi connectivity index (χ1n) is 11.7. The summed E-state index contributed by atoms with van der Waals surface area (Å²) in [5.74, 6) is -1.06. The Morgan fingerprint density at radius 3 is 2.03 bits per heavy atom. The molecule has 39 heavy (non-hydrogen) atoms. The molecule has 0 unspecified atom stereocenters. The van der Waals surface area contributed by atoms with Crippen LogP contribution in [0.2, 0.25) is 5.02 Å². The van der Waals surface area contributed by atoms with Gasteiger partial charge >= 0.3 is 0 Å². The minimum atomic E-state index is -1.24. The number of nitro groups is 1. The smallest absolute Gasteiger partial charge is 0.270 e. The van der Waals surface area contributed by atoms with Crippen LogP contribution < -0.4 is 19.1 Å². The molecular formula is C27H22ClN3O8. The van der Waals surface area contributed by atoms with Crippen LogP contribution in [0.3, 0.4) is 0 Å². The van der Waals surface area contributed by atoms with Gasteiger partial charge in [0.15, 0.2) is 11.5 Å². The lowest BCUT2D eigenvalue weighted by Gasteiger charge is -2.50. The van der Waals surface area contributed by atoms with Crippen molar-refractivity contribution in [1.82, 2.24) is 4.90 Å². The SMILES string of the molecule is COc1cc([C@H]2[C@H](N3C(=O)c4ccc([N+](=O)[O-])cc4C3=O)C(=O)N2c2ccc(Cl)cc2C)cc(OC)c1OC. The Labute approximate surface area is 227 Å². The van der Waals surface area contributed by atoms with Gasteiger partial charge in [-0.15, -0.1) is 0 Å². The van der Waals surface area contributed by atoms with Crippen LogP contribution in [-0.4, -0.2) is 54.9 Å². The maximum atomic E-state index is 13.8. The number of fused-ring (bicyclic) bond motifs is 1. The third kappa shape index (κ3) is 3.93. The minimum absolute atomic E-state index is 0.0110. The second-order valence-electron chi connectivity index (χ2n) is 8.95. The number of aryl methyl sites for hydroxylation is 1. The topological polar surface area (TPSA) is 129 Å². The van der Waals surface area contributed by atoms with Crippen molar-refractivity contribution in [1.29, 1.82) is 0 Å². The quantitative estimate of drug-likeness (QED) is 0.184. The lowest BCUT2D eigenvalue weighted by Crippen LogP contribution is -2.67. The summed E-state index contributed by atoms with van der Waals surface area (Å²) >= 11 is 6.15. The summed E-state index contributed by atoms with van der Waals surface area (Å²) in [4.78, 5) is 53.6. The Morgan fingerprint density at radius 2 is 1.46 bits per heavy atom. The van der Waals surface area contributed by atoms with E-state index in [0.29, 0.717) is 39.1 Å². The molecule has 3 aromatic rings. The van der Waals surface area contributed by atoms with E-state index in [2.05, 4.69) is 0 Å². The van der Waals surface area contributed by atoms with Crippen molar-refractivity contribution in [2.24, 2.45) is 0 Å². The van der Waals surface area contributed by atoms with Crippen molar-refractivity contribution in [3.63, 3.8) is 0 Å². The number of amides is 3. The van der Waals surface area contributed by atoms with Gasteiger partial charge in [0.1, 0.15) is 6.04 Å². The van der Waals surface area contributed by atoms with Crippen LogP contribution in [-0.2, 0) is 4.79 Å². The fourth-order valence-corrected chi connectivity index (χ4v) is 5.33. The number of nitrogens with zero attached hydrogens (tertiary/aromatic N) is 3. The number of anilines is 1. The van der Waals surface area contributed by atoms with E-state index in [1.165, 1.54) is 32.3 Å². The summed E-state index contributed by atoms with van der Waals surface area (Å²) in [6.45, 7) is 1.79. The fraction of sp³-hybridized carbons (Fsp3) is 0.222. The highest BCUT2D eigenvalue weighted by molar-refractivity contribution is 6.31. The standard InChI is InChI=1S/C27H22ClN3O8/c1-13-9-15(28)5-8-19(13)29-22(14-10-20(37-2)24(39-4)21(11-14)38-3)23(27(29)34)30-25(32)17-7-6-16(31(35)36)12-18(17)26(30)33/h5-12,22-23H,1-4H3/t22-,23-/m0/s1. The molecular weight excluding hydrogens is 530 g/mol. The number of methoxy groups -OCH3 is 3. The molecule has 0 N–H and O–H groups in total. The summed E-state index contributed by atoms with van der Waals surface area (Å²) in [7, 11) is 4.35. The zero-order valence-corrected chi connectivity index (χ0v) is 22.0. The predicted molar refractivity (Wildman–Crippen MR) is 140 cm³/mol. The molecule has 200 valence electrons. The van der Waals surface area contributed by atoms with Crippen molar-refractivity contribution >= 4 is 40.7 Å². The first-order chi connectivity index (χ1) is 18.6. The fourth-order valence-electron chi connectivity index (χ4n) is 5.10. The number of nitro benzene ring substituents is 1. The molecule has 1 fully saturated rings. The minimum Gasteiger partial charge on any atom is -0.493 e. The normalized spacial score (nSPS) is 18.1. The van der Waals surface area contributed by atoms with Gasteiger partial charge in [-0.1, -0.05) is 11.6 Å². The highest BCUT2D eigenvalue weighted by Crippen LogP contribution is 2.49. The van der Waals surface area contributed by atoms with Gasteiger partial charge in [0, 0.05) is 22.8 Å². The number of benzene rings is 3. The molecule has 0 aliphatic carbocycles. The Balaban J connectivity index is 1.66. The monoisotopic (exact) mass is 551 g/mol. The van der Waals surface area contributed by atoms with Crippen LogP contribution in [0.15, 0.2) is 48.5 Å². The van der Waals surface area contributed by atoms with Crippen LogP contribution in [0.1, 0.15) is 37.9 Å². The van der Waals surface area contributed by atoms with Crippen LogP contribution in [0.5, 0.6) is 17.2 Å². The molecule has 0 aromatic heterocycles. The number of hydrogen-bond acceptors (Lipinski definition) is 8. The van der Waals surface area contributed by atoms with Crippen LogP contribution >= 0.6 is 11.6 Å². The van der Waals surface area contributed by atoms with Crippen LogP contribution in [0, 0.1) is 17.0 Å². The number of β-lactam (4-membered cyclic amide) rings is 1. The van der Waals surface area contributed by atoms with Gasteiger partial charge in [-0.3, -0.25) is 29.4 Å². The summed E-state index contributed by atoms with van der Waals surface area (Å²) in [5, 5.41) is 11.8. The highest BCUT2D eigenvalue weighted by Gasteiger charge is 2.58. The van der Waals surface area contributed by atoms with E-state index in [9.17, 15) is 24.5 Å². The molecule has 2 aliphatic rings. The lowest BCUT2D eigenvalue weighted by atomic mass is 9.85. The van der Waals surface area contributed by atoms with Gasteiger partial charge in [-0.25, -0.2) is 0 Å². The number of halogens is 1. The van der Waals surface area contributed by atoms with E-state index < -0.39 is 34.7 Å². The Bertz CT molecular complexity index is 1550. The number of ether oxygens (including phenoxy) is 3. The van der Waals surface area contributed by atoms with Crippen molar-refractivity contribution < 1.29 is 33.5 Å². The van der Waals surface area contributed by atoms with E-state index in [-0.39, 0.29) is 16.8 Å². The number of non-ortho nitro benzene ring substituents is 1. The summed E-state index contributed by atoms with van der Waals surface area (Å²) in [6.07, 6.45) is 0. The van der Waals surface area contributed by atoms with Gasteiger partial charge in [-0.05, 0) is 54.4 Å². The molecule has 0 spiro atoms. The van der Waals surface area contributed by atoms with E-state index in [0.717, 1.165) is 17.0 Å². The number of carbonyl (C=O) groups is 3. The molecule has 0 bridgehead atoms. The predicted octanol–water partition coefficient (Wildman–Crippen LogP) is 4.34. The van der Waals surface area contributed by atoms with Crippen molar-refractivity contribution in [3.8, 4) is 17.2 Å². The van der Waals surface area contributed by atoms with Gasteiger partial charge in [0.05, 0.1) is 43.4 Å². The second kappa shape index (κ2) is 9.59. The van der Waals surface area contributed by atoms with Crippen LogP contribution in [0.25, 0.3) is 0 Å². The van der Waals surface area contributed by atoms with Crippen molar-refractivity contribution in [3.05, 3.63) is 85.9 Å². The molecule has 2 aliphatic heterocycles. The summed E-state index contributed by atoms with van der Waals surface area (Å²) in [5.41, 5.74) is 1.26. The second-order valence-corrected chi connectivity index (χ2v) is 9.39. The van der Waals surface area contributed by atoms with E-state index in [1.54, 1.807) is 37.3 Å². The van der Waals surface area contributed by atoms with Gasteiger partial charge in [0.25, 0.3) is 23.4 Å². The average molecular weight is 552 g/mol. The molecule has 2 atom stereocenters. The molecule has 11 nitrogen and oxygen atoms in total. The number of imide groups is 1. The zero-order valence-electron chi connectivity index (χ0n) is 21.3. The Kier molecular flexibility index (Phi) is 6.39. The molecule has 12 heteroatoms. The van der Waals surface area contributed by atoms with Crippen molar-refractivity contribution in [2.45, 2.75) is 19.0 Å². The average Bonchev–Trinajstić information content (AvgIpc) is 3.16. The van der Waals surface area contributed by atoms with Gasteiger partial charge < -0.3 is 19.1 Å². The molecule has 5 rings (SSSR count). The molecule has 2 heterocycles. The van der Waals surface area contributed by atoms with Gasteiger partial charge in [0.2, 0.25) is 5.75 Å². The first-order valence-corrected chi connectivity index (χ1v) is 12.1. The molecule has 0 saturated carbocycles. The zero-order chi connectivity index (χ0) is 28.2. The van der Waals surface area contributed by atoms with E-state index >= 15 is 0 Å². The molecule has 1 saturated heterocycles. The first kappa shape index (κ1) is 26.0. The number of carbonyl (C=O) groups excluding carboxylic acids is 3. The Morgan fingerprint density at radius 1 is 0.821 bits per heavy atom. The van der Waals surface area contributed by atoms with Gasteiger partial charge in [-0.2, -0.15) is 0 Å². The third-order valence-electron chi connectivity index (χ3n) is 6.91. The lowest BCUT2D eigenvalue weighted by molar-refractivity contribution is -0.384. The summed E-state index contributed by atoms with van der Waals surface area (Å²) in [6, 6.07) is 9.65. The highest BCUT2D eigenvalue weighted by atomic mass is 35.5. The molecule has 3 amide bonds. The van der Waals surface area contributed by atoms with E-state index in [4.69, 9.17) is 25.8 Å².